The van der Waals surface area contributed by atoms with Crippen LogP contribution in [0.5, 0.6) is 0 Å². The topological polar surface area (TPSA) is 48.7 Å². The number of nitrogens with one attached hydrogen (secondary N) is 1. The monoisotopic (exact) mass is 293 g/mol. The number of rotatable bonds is 3. The Morgan fingerprint density at radius 1 is 1.38 bits per heavy atom. The highest BCUT2D eigenvalue weighted by atomic mass is 79.9. The summed E-state index contributed by atoms with van der Waals surface area (Å²) in [6.07, 6.45) is 1.56. The van der Waals surface area contributed by atoms with E-state index in [-0.39, 0.29) is 0 Å². The van der Waals surface area contributed by atoms with Crippen LogP contribution in [0, 0.1) is 11.3 Å². The third-order valence-corrected chi connectivity index (χ3v) is 3.59. The first-order valence-electron chi connectivity index (χ1n) is 4.62. The number of halogens is 1. The summed E-state index contributed by atoms with van der Waals surface area (Å²) in [6, 6.07) is 9.68. The fourth-order valence-electron chi connectivity index (χ4n) is 1.19. The predicted octanol–water partition coefficient (Wildman–Crippen LogP) is 3.39. The number of pyridine rings is 1. The summed E-state index contributed by atoms with van der Waals surface area (Å²) in [5.74, 6) is 0.781. The van der Waals surface area contributed by atoms with E-state index in [4.69, 9.17) is 5.26 Å². The second-order valence-electron chi connectivity index (χ2n) is 3.10. The van der Waals surface area contributed by atoms with E-state index in [0.717, 1.165) is 16.1 Å². The van der Waals surface area contributed by atoms with Gasteiger partial charge in [0, 0.05) is 11.1 Å². The Morgan fingerprint density at radius 2 is 2.25 bits per heavy atom. The van der Waals surface area contributed by atoms with Crippen LogP contribution < -0.4 is 5.32 Å². The fourth-order valence-corrected chi connectivity index (χ4v) is 2.61. The minimum atomic E-state index is 0.574. The molecule has 0 saturated carbocycles. The molecule has 0 aliphatic heterocycles. The lowest BCUT2D eigenvalue weighted by molar-refractivity contribution is 1.14. The summed E-state index contributed by atoms with van der Waals surface area (Å²) in [5.41, 5.74) is 0.574. The summed E-state index contributed by atoms with van der Waals surface area (Å²) < 4.78 is 1.12. The van der Waals surface area contributed by atoms with Gasteiger partial charge in [-0.3, -0.25) is 0 Å². The van der Waals surface area contributed by atoms with Crippen molar-refractivity contribution in [2.24, 2.45) is 0 Å². The Kier molecular flexibility index (Phi) is 3.54. The second-order valence-corrected chi connectivity index (χ2v) is 5.65. The lowest BCUT2D eigenvalue weighted by Gasteiger charge is -2.02. The Hall–Kier alpha value is -1.38. The van der Waals surface area contributed by atoms with Crippen LogP contribution in [0.2, 0.25) is 0 Å². The maximum Gasteiger partial charge on any atom is 0.126 e. The molecule has 0 aromatic carbocycles. The van der Waals surface area contributed by atoms with Gasteiger partial charge in [-0.05, 0) is 40.2 Å². The van der Waals surface area contributed by atoms with E-state index >= 15 is 0 Å². The second kappa shape index (κ2) is 5.10. The number of nitrogens with zero attached hydrogens (tertiary/aromatic N) is 2. The van der Waals surface area contributed by atoms with E-state index in [1.807, 2.05) is 12.1 Å². The smallest absolute Gasteiger partial charge is 0.126 e. The van der Waals surface area contributed by atoms with Crippen molar-refractivity contribution in [2.45, 2.75) is 6.54 Å². The molecule has 2 aromatic heterocycles. The lowest BCUT2D eigenvalue weighted by Crippen LogP contribution is -1.99. The number of thiophene rings is 1. The average molecular weight is 294 g/mol. The molecule has 0 amide bonds. The van der Waals surface area contributed by atoms with Gasteiger partial charge in [-0.1, -0.05) is 0 Å². The Morgan fingerprint density at radius 3 is 2.81 bits per heavy atom. The first-order valence-corrected chi connectivity index (χ1v) is 6.23. The van der Waals surface area contributed by atoms with Gasteiger partial charge in [0.1, 0.15) is 11.9 Å². The zero-order valence-corrected chi connectivity index (χ0v) is 10.7. The highest BCUT2D eigenvalue weighted by Crippen LogP contribution is 2.22. The van der Waals surface area contributed by atoms with Crippen molar-refractivity contribution in [3.8, 4) is 6.07 Å². The normalized spacial score (nSPS) is 9.75. The Labute approximate surface area is 106 Å². The molecule has 1 N–H and O–H groups in total. The van der Waals surface area contributed by atoms with Crippen molar-refractivity contribution in [3.05, 3.63) is 44.7 Å². The summed E-state index contributed by atoms with van der Waals surface area (Å²) in [7, 11) is 0. The van der Waals surface area contributed by atoms with Crippen LogP contribution >= 0.6 is 27.3 Å². The minimum absolute atomic E-state index is 0.574. The van der Waals surface area contributed by atoms with Gasteiger partial charge >= 0.3 is 0 Å². The molecule has 0 aliphatic carbocycles. The first kappa shape index (κ1) is 11.1. The summed E-state index contributed by atoms with van der Waals surface area (Å²) in [4.78, 5) is 5.36. The van der Waals surface area contributed by atoms with E-state index < -0.39 is 0 Å². The summed E-state index contributed by atoms with van der Waals surface area (Å²) >= 11 is 5.10. The van der Waals surface area contributed by atoms with Crippen LogP contribution in [0.15, 0.2) is 34.2 Å². The van der Waals surface area contributed by atoms with E-state index in [9.17, 15) is 0 Å². The summed E-state index contributed by atoms with van der Waals surface area (Å²) in [6.45, 7) is 0.745. The Bertz CT molecular complexity index is 513. The van der Waals surface area contributed by atoms with Crippen molar-refractivity contribution in [1.29, 1.82) is 5.26 Å². The molecule has 0 aliphatic rings. The molecule has 5 heteroatoms. The summed E-state index contributed by atoms with van der Waals surface area (Å²) in [5, 5.41) is 11.8. The molecule has 0 unspecified atom stereocenters. The average Bonchev–Trinajstić information content (AvgIpc) is 2.73. The van der Waals surface area contributed by atoms with Gasteiger partial charge < -0.3 is 5.32 Å². The van der Waals surface area contributed by atoms with Crippen molar-refractivity contribution in [3.63, 3.8) is 0 Å². The van der Waals surface area contributed by atoms with E-state index in [1.54, 1.807) is 29.7 Å². The van der Waals surface area contributed by atoms with Crippen molar-refractivity contribution in [2.75, 3.05) is 5.32 Å². The van der Waals surface area contributed by atoms with E-state index in [2.05, 4.69) is 32.3 Å². The molecule has 0 fully saturated rings. The zero-order valence-electron chi connectivity index (χ0n) is 8.27. The molecule has 3 nitrogen and oxygen atoms in total. The van der Waals surface area contributed by atoms with Crippen LogP contribution in [-0.4, -0.2) is 4.98 Å². The van der Waals surface area contributed by atoms with Gasteiger partial charge in [-0.15, -0.1) is 11.3 Å². The number of hydrogen-bond acceptors (Lipinski definition) is 4. The molecule has 0 radical (unpaired) electrons. The highest BCUT2D eigenvalue weighted by molar-refractivity contribution is 9.11. The minimum Gasteiger partial charge on any atom is -0.365 e. The highest BCUT2D eigenvalue weighted by Gasteiger charge is 1.98. The molecule has 0 saturated heterocycles. The molecule has 0 bridgehead atoms. The van der Waals surface area contributed by atoms with Gasteiger partial charge in [-0.2, -0.15) is 5.26 Å². The first-order chi connectivity index (χ1) is 7.78. The van der Waals surface area contributed by atoms with Crippen LogP contribution in [0.4, 0.5) is 5.82 Å². The molecule has 0 atom stereocenters. The third kappa shape index (κ3) is 2.81. The number of anilines is 1. The van der Waals surface area contributed by atoms with Crippen LogP contribution in [0.3, 0.4) is 0 Å². The van der Waals surface area contributed by atoms with Crippen LogP contribution in [-0.2, 0) is 6.54 Å². The van der Waals surface area contributed by atoms with Crippen molar-refractivity contribution < 1.29 is 0 Å². The molecule has 2 heterocycles. The van der Waals surface area contributed by atoms with Crippen LogP contribution in [0.1, 0.15) is 10.4 Å². The zero-order chi connectivity index (χ0) is 11.4. The Balaban J connectivity index is 1.97. The maximum atomic E-state index is 8.63. The number of nitriles is 1. The SMILES string of the molecule is N#Cc1ccc(NCc2ccc(Br)s2)nc1. The molecular formula is C11H8BrN3S. The van der Waals surface area contributed by atoms with Crippen LogP contribution in [0.25, 0.3) is 0 Å². The largest absolute Gasteiger partial charge is 0.365 e. The standard InChI is InChI=1S/C11H8BrN3S/c12-10-3-2-9(16-10)7-15-11-4-1-8(5-13)6-14-11/h1-4,6H,7H2,(H,14,15). The van der Waals surface area contributed by atoms with Gasteiger partial charge in [0.05, 0.1) is 15.9 Å². The fraction of sp³-hybridized carbons (Fsp3) is 0.0909. The van der Waals surface area contributed by atoms with Gasteiger partial charge in [-0.25, -0.2) is 4.98 Å². The number of hydrogen-bond donors (Lipinski definition) is 1. The van der Waals surface area contributed by atoms with E-state index in [0.29, 0.717) is 5.56 Å². The van der Waals surface area contributed by atoms with Crippen molar-refractivity contribution >= 4 is 33.1 Å². The van der Waals surface area contributed by atoms with Crippen molar-refractivity contribution in [1.82, 2.24) is 4.98 Å². The predicted molar refractivity (Wildman–Crippen MR) is 68.3 cm³/mol. The molecule has 2 aromatic rings. The van der Waals surface area contributed by atoms with Gasteiger partial charge in [0.15, 0.2) is 0 Å². The van der Waals surface area contributed by atoms with Gasteiger partial charge in [0.25, 0.3) is 0 Å². The third-order valence-electron chi connectivity index (χ3n) is 1.97. The molecule has 80 valence electrons. The quantitative estimate of drug-likeness (QED) is 0.944. The molecular weight excluding hydrogens is 286 g/mol. The lowest BCUT2D eigenvalue weighted by atomic mass is 10.3. The molecule has 2 rings (SSSR count). The van der Waals surface area contributed by atoms with E-state index in [1.165, 1.54) is 4.88 Å². The number of aromatic nitrogens is 1. The maximum absolute atomic E-state index is 8.63. The molecule has 0 spiro atoms. The van der Waals surface area contributed by atoms with Gasteiger partial charge in [0.2, 0.25) is 0 Å². The molecule has 16 heavy (non-hydrogen) atoms.